The summed E-state index contributed by atoms with van der Waals surface area (Å²) in [5.74, 6) is -0.123. The summed E-state index contributed by atoms with van der Waals surface area (Å²) in [5.41, 5.74) is 3.55. The summed E-state index contributed by atoms with van der Waals surface area (Å²) in [6, 6.07) is 13.1. The van der Waals surface area contributed by atoms with Crippen molar-refractivity contribution in [2.75, 3.05) is 13.2 Å². The first kappa shape index (κ1) is 19.9. The molecule has 2 heterocycles. The summed E-state index contributed by atoms with van der Waals surface area (Å²) in [5, 5.41) is 3.28. The van der Waals surface area contributed by atoms with Crippen LogP contribution in [0.15, 0.2) is 77.4 Å². The summed E-state index contributed by atoms with van der Waals surface area (Å²) in [7, 11) is 0. The second kappa shape index (κ2) is 8.95. The molecule has 2 aromatic rings. The van der Waals surface area contributed by atoms with E-state index in [4.69, 9.17) is 9.47 Å². The zero-order valence-electron chi connectivity index (χ0n) is 16.9. The Kier molecular flexibility index (Phi) is 5.93. The van der Waals surface area contributed by atoms with Gasteiger partial charge >= 0.3 is 5.97 Å². The number of pyridine rings is 1. The summed E-state index contributed by atoms with van der Waals surface area (Å²) in [4.78, 5) is 30.0. The highest BCUT2D eigenvalue weighted by Crippen LogP contribution is 2.42. The van der Waals surface area contributed by atoms with Crippen LogP contribution >= 0.6 is 0 Å². The molecule has 2 aliphatic rings. The molecule has 0 radical (unpaired) electrons. The van der Waals surface area contributed by atoms with E-state index in [2.05, 4.69) is 10.3 Å². The lowest BCUT2D eigenvalue weighted by molar-refractivity contribution is -0.140. The zero-order chi connectivity index (χ0) is 20.9. The van der Waals surface area contributed by atoms with Gasteiger partial charge in [0.25, 0.3) is 0 Å². The Morgan fingerprint density at radius 1 is 1.13 bits per heavy atom. The molecule has 154 valence electrons. The van der Waals surface area contributed by atoms with Gasteiger partial charge in [-0.05, 0) is 43.5 Å². The highest BCUT2D eigenvalue weighted by atomic mass is 16.6. The summed E-state index contributed by atoms with van der Waals surface area (Å²) < 4.78 is 11.1. The van der Waals surface area contributed by atoms with Crippen LogP contribution in [0.25, 0.3) is 0 Å². The second-order valence-corrected chi connectivity index (χ2v) is 7.35. The minimum atomic E-state index is -0.467. The summed E-state index contributed by atoms with van der Waals surface area (Å²) in [6.45, 7) is 2.22. The molecule has 1 aromatic heterocycles. The Morgan fingerprint density at radius 3 is 2.73 bits per heavy atom. The molecule has 1 aromatic carbocycles. The first-order chi connectivity index (χ1) is 14.6. The largest absolute Gasteiger partial charge is 0.490 e. The molecule has 0 bridgehead atoms. The first-order valence-electron chi connectivity index (χ1n) is 10.1. The number of carbonyl (C=O) groups excluding carboxylic acids is 2. The van der Waals surface area contributed by atoms with Gasteiger partial charge in [-0.3, -0.25) is 9.78 Å². The first-order valence-corrected chi connectivity index (χ1v) is 10.1. The number of para-hydroxylation sites is 1. The molecular formula is C24H24N2O4. The van der Waals surface area contributed by atoms with Crippen LogP contribution in [0.1, 0.15) is 37.7 Å². The molecule has 1 aliphatic carbocycles. The van der Waals surface area contributed by atoms with Crippen molar-refractivity contribution < 1.29 is 19.1 Å². The number of aromatic nitrogens is 1. The minimum absolute atomic E-state index is 0.0720. The second-order valence-electron chi connectivity index (χ2n) is 7.35. The molecule has 0 saturated carbocycles. The molecule has 0 unspecified atom stereocenters. The maximum absolute atomic E-state index is 13.1. The number of hydrogen-bond donors (Lipinski definition) is 1. The van der Waals surface area contributed by atoms with Crippen molar-refractivity contribution in [1.82, 2.24) is 10.3 Å². The number of benzene rings is 1. The standard InChI is InChI=1S/C24H24N2O4/c1-16-21(24(28)30-14-13-29-18-8-3-2-4-9-18)22(17-7-6-12-25-15-17)23-19(26-16)10-5-11-20(23)27/h2-4,6-9,12,15,22,26H,5,10-11,13-14H2,1H3/t22-/m1/s1. The highest BCUT2D eigenvalue weighted by Gasteiger charge is 2.39. The Hall–Kier alpha value is -3.41. The van der Waals surface area contributed by atoms with Crippen LogP contribution in [0.5, 0.6) is 5.75 Å². The van der Waals surface area contributed by atoms with Gasteiger partial charge in [-0.2, -0.15) is 0 Å². The van der Waals surface area contributed by atoms with Crippen LogP contribution < -0.4 is 10.1 Å². The molecule has 6 nitrogen and oxygen atoms in total. The van der Waals surface area contributed by atoms with Crippen molar-refractivity contribution in [2.24, 2.45) is 0 Å². The fourth-order valence-corrected chi connectivity index (χ4v) is 4.02. The van der Waals surface area contributed by atoms with Crippen molar-refractivity contribution in [3.8, 4) is 5.75 Å². The maximum atomic E-state index is 13.1. The van der Waals surface area contributed by atoms with Crippen LogP contribution in [0.3, 0.4) is 0 Å². The molecule has 0 spiro atoms. The molecule has 0 fully saturated rings. The number of Topliss-reactive ketones (excluding diaryl/α,β-unsaturated/α-hetero) is 1. The van der Waals surface area contributed by atoms with Crippen molar-refractivity contribution in [3.63, 3.8) is 0 Å². The van der Waals surface area contributed by atoms with E-state index in [1.165, 1.54) is 0 Å². The quantitative estimate of drug-likeness (QED) is 0.585. The highest BCUT2D eigenvalue weighted by molar-refractivity contribution is 6.03. The molecule has 0 amide bonds. The lowest BCUT2D eigenvalue weighted by Crippen LogP contribution is -2.34. The average molecular weight is 404 g/mol. The monoisotopic (exact) mass is 404 g/mol. The summed E-state index contributed by atoms with van der Waals surface area (Å²) >= 11 is 0. The number of dihydropyridines is 1. The van der Waals surface area contributed by atoms with Gasteiger partial charge in [0.2, 0.25) is 0 Å². The lowest BCUT2D eigenvalue weighted by atomic mass is 9.75. The normalized spacial score (nSPS) is 18.6. The van der Waals surface area contributed by atoms with Crippen LogP contribution in [0.2, 0.25) is 0 Å². The number of nitrogens with zero attached hydrogens (tertiary/aromatic N) is 1. The lowest BCUT2D eigenvalue weighted by Gasteiger charge is -2.34. The van der Waals surface area contributed by atoms with Gasteiger partial charge in [-0.1, -0.05) is 24.3 Å². The number of ether oxygens (including phenoxy) is 2. The van der Waals surface area contributed by atoms with Crippen LogP contribution in [-0.4, -0.2) is 30.0 Å². The smallest absolute Gasteiger partial charge is 0.336 e. The van der Waals surface area contributed by atoms with E-state index in [9.17, 15) is 9.59 Å². The number of nitrogens with one attached hydrogen (secondary N) is 1. The SMILES string of the molecule is CC1=C(C(=O)OCCOc2ccccc2)[C@@H](c2cccnc2)C2=C(CCCC2=O)N1. The molecule has 0 saturated heterocycles. The molecule has 1 aliphatic heterocycles. The van der Waals surface area contributed by atoms with E-state index in [1.54, 1.807) is 12.4 Å². The van der Waals surface area contributed by atoms with Gasteiger partial charge < -0.3 is 14.8 Å². The van der Waals surface area contributed by atoms with E-state index in [0.29, 0.717) is 23.3 Å². The topological polar surface area (TPSA) is 77.5 Å². The Balaban J connectivity index is 1.54. The zero-order valence-corrected chi connectivity index (χ0v) is 16.9. The number of ketones is 1. The third kappa shape index (κ3) is 4.13. The average Bonchev–Trinajstić information content (AvgIpc) is 2.77. The number of hydrogen-bond acceptors (Lipinski definition) is 6. The Bertz CT molecular complexity index is 996. The van der Waals surface area contributed by atoms with Crippen LogP contribution in [0, 0.1) is 0 Å². The third-order valence-corrected chi connectivity index (χ3v) is 5.34. The van der Waals surface area contributed by atoms with Gasteiger partial charge in [0.05, 0.1) is 5.57 Å². The molecule has 1 atom stereocenters. The number of esters is 1. The predicted molar refractivity (Wildman–Crippen MR) is 112 cm³/mol. The summed E-state index contributed by atoms with van der Waals surface area (Å²) in [6.07, 6.45) is 5.49. The van der Waals surface area contributed by atoms with Crippen molar-refractivity contribution in [1.29, 1.82) is 0 Å². The Morgan fingerprint density at radius 2 is 1.97 bits per heavy atom. The molecule has 30 heavy (non-hydrogen) atoms. The number of allylic oxidation sites excluding steroid dienone is 3. The number of carbonyl (C=O) groups is 2. The van der Waals surface area contributed by atoms with E-state index < -0.39 is 11.9 Å². The van der Waals surface area contributed by atoms with Crippen molar-refractivity contribution >= 4 is 11.8 Å². The number of rotatable bonds is 6. The third-order valence-electron chi connectivity index (χ3n) is 5.34. The van der Waals surface area contributed by atoms with Gasteiger partial charge in [-0.25, -0.2) is 4.79 Å². The molecular weight excluding hydrogens is 380 g/mol. The molecule has 6 heteroatoms. The van der Waals surface area contributed by atoms with Crippen LogP contribution in [0.4, 0.5) is 0 Å². The van der Waals surface area contributed by atoms with Crippen LogP contribution in [-0.2, 0) is 14.3 Å². The fraction of sp³-hybridized carbons (Fsp3) is 0.292. The minimum Gasteiger partial charge on any atom is -0.490 e. The predicted octanol–water partition coefficient (Wildman–Crippen LogP) is 3.67. The van der Waals surface area contributed by atoms with Gasteiger partial charge in [0.15, 0.2) is 5.78 Å². The van der Waals surface area contributed by atoms with Gasteiger partial charge in [-0.15, -0.1) is 0 Å². The van der Waals surface area contributed by atoms with E-state index >= 15 is 0 Å². The molecule has 4 rings (SSSR count). The Labute approximate surface area is 175 Å². The van der Waals surface area contributed by atoms with E-state index in [0.717, 1.165) is 29.9 Å². The van der Waals surface area contributed by atoms with Crippen molar-refractivity contribution in [2.45, 2.75) is 32.1 Å². The van der Waals surface area contributed by atoms with Crippen molar-refractivity contribution in [3.05, 3.63) is 83.0 Å². The fourth-order valence-electron chi connectivity index (χ4n) is 4.02. The molecule has 1 N–H and O–H groups in total. The van der Waals surface area contributed by atoms with Gasteiger partial charge in [0, 0.05) is 41.7 Å². The maximum Gasteiger partial charge on any atom is 0.336 e. The van der Waals surface area contributed by atoms with E-state index in [-0.39, 0.29) is 19.0 Å². The van der Waals surface area contributed by atoms with Gasteiger partial charge in [0.1, 0.15) is 19.0 Å². The van der Waals surface area contributed by atoms with E-state index in [1.807, 2.05) is 49.4 Å².